The third-order valence-electron chi connectivity index (χ3n) is 3.70. The summed E-state index contributed by atoms with van der Waals surface area (Å²) in [5.74, 6) is 2.49. The van der Waals surface area contributed by atoms with Crippen molar-refractivity contribution in [1.29, 1.82) is 0 Å². The number of aromatic nitrogens is 2. The van der Waals surface area contributed by atoms with Gasteiger partial charge in [-0.3, -0.25) is 4.68 Å². The van der Waals surface area contributed by atoms with E-state index in [0.29, 0.717) is 10.5 Å². The van der Waals surface area contributed by atoms with Gasteiger partial charge in [0.15, 0.2) is 0 Å². The molecule has 1 saturated heterocycles. The molecule has 3 unspecified atom stereocenters. The Hall–Kier alpha value is 0.160. The molecule has 0 bridgehead atoms. The van der Waals surface area contributed by atoms with Crippen LogP contribution in [0.15, 0.2) is 6.20 Å². The number of rotatable bonds is 6. The summed E-state index contributed by atoms with van der Waals surface area (Å²) in [5.41, 5.74) is 1.16. The number of aryl methyl sites for hydroxylation is 1. The van der Waals surface area contributed by atoms with Crippen molar-refractivity contribution in [3.05, 3.63) is 16.9 Å². The third kappa shape index (κ3) is 3.49. The minimum absolute atomic E-state index is 0.277. The van der Waals surface area contributed by atoms with Crippen molar-refractivity contribution < 1.29 is 0 Å². The highest BCUT2D eigenvalue weighted by Crippen LogP contribution is 2.41. The van der Waals surface area contributed by atoms with E-state index in [1.165, 1.54) is 17.9 Å². The van der Waals surface area contributed by atoms with E-state index in [1.807, 2.05) is 7.05 Å². The molecule has 3 atom stereocenters. The minimum Gasteiger partial charge on any atom is -0.311 e. The van der Waals surface area contributed by atoms with Crippen LogP contribution in [-0.2, 0) is 6.54 Å². The zero-order chi connectivity index (χ0) is 14.5. The van der Waals surface area contributed by atoms with Crippen LogP contribution in [0.4, 0.5) is 0 Å². The van der Waals surface area contributed by atoms with Crippen LogP contribution < -0.4 is 5.32 Å². The summed E-state index contributed by atoms with van der Waals surface area (Å²) in [7, 11) is 2.04. The van der Waals surface area contributed by atoms with E-state index in [4.69, 9.17) is 11.6 Å². The molecule has 114 valence electrons. The molecule has 1 N–H and O–H groups in total. The second kappa shape index (κ2) is 7.97. The van der Waals surface area contributed by atoms with Gasteiger partial charge in [-0.1, -0.05) is 25.4 Å². The average molecular weight is 334 g/mol. The summed E-state index contributed by atoms with van der Waals surface area (Å²) >= 11 is 10.6. The molecule has 2 rings (SSSR count). The lowest BCUT2D eigenvalue weighted by Crippen LogP contribution is -2.38. The molecule has 6 heteroatoms. The van der Waals surface area contributed by atoms with E-state index < -0.39 is 0 Å². The molecule has 2 heterocycles. The molecule has 1 aromatic rings. The van der Waals surface area contributed by atoms with Gasteiger partial charge < -0.3 is 5.32 Å². The number of nitrogens with one attached hydrogen (secondary N) is 1. The number of halogens is 1. The fourth-order valence-electron chi connectivity index (χ4n) is 2.77. The summed E-state index contributed by atoms with van der Waals surface area (Å²) in [5, 5.41) is 9.99. The van der Waals surface area contributed by atoms with Crippen molar-refractivity contribution in [3.63, 3.8) is 0 Å². The molecule has 1 aliphatic rings. The minimum atomic E-state index is 0.277. The molecular formula is C14H24ClN3S2. The van der Waals surface area contributed by atoms with E-state index in [2.05, 4.69) is 52.5 Å². The standard InChI is InChI=1S/C14H24ClN3S2/c1-4-6-18-13(10(15)9-17-18)12(16-3)14-11(5-2)19-7-8-20-14/h9,11-12,14,16H,4-8H2,1-3H3. The maximum atomic E-state index is 6.42. The first kappa shape index (κ1) is 16.5. The topological polar surface area (TPSA) is 29.9 Å². The first-order valence-electron chi connectivity index (χ1n) is 7.34. The molecule has 0 spiro atoms. The Morgan fingerprint density at radius 1 is 1.45 bits per heavy atom. The number of hydrogen-bond donors (Lipinski definition) is 1. The third-order valence-corrected chi connectivity index (χ3v) is 7.34. The Bertz CT molecular complexity index is 425. The van der Waals surface area contributed by atoms with Crippen LogP contribution in [0.2, 0.25) is 5.02 Å². The molecule has 0 radical (unpaired) electrons. The van der Waals surface area contributed by atoms with E-state index >= 15 is 0 Å². The second-order valence-electron chi connectivity index (χ2n) is 5.02. The summed E-state index contributed by atoms with van der Waals surface area (Å²) in [6, 6.07) is 0.277. The highest BCUT2D eigenvalue weighted by molar-refractivity contribution is 8.07. The quantitative estimate of drug-likeness (QED) is 0.856. The molecule has 0 amide bonds. The van der Waals surface area contributed by atoms with Gasteiger partial charge in [-0.05, 0) is 19.9 Å². The number of hydrogen-bond acceptors (Lipinski definition) is 4. The zero-order valence-electron chi connectivity index (χ0n) is 12.4. The van der Waals surface area contributed by atoms with Gasteiger partial charge in [-0.25, -0.2) is 0 Å². The van der Waals surface area contributed by atoms with E-state index in [0.717, 1.165) is 23.7 Å². The van der Waals surface area contributed by atoms with Gasteiger partial charge >= 0.3 is 0 Å². The van der Waals surface area contributed by atoms with Crippen LogP contribution in [0.1, 0.15) is 38.4 Å². The van der Waals surface area contributed by atoms with Crippen LogP contribution in [0.25, 0.3) is 0 Å². The molecule has 3 nitrogen and oxygen atoms in total. The average Bonchev–Trinajstić information content (AvgIpc) is 2.83. The lowest BCUT2D eigenvalue weighted by molar-refractivity contribution is 0.476. The van der Waals surface area contributed by atoms with Crippen molar-refractivity contribution in [2.45, 2.75) is 49.8 Å². The van der Waals surface area contributed by atoms with Crippen LogP contribution in [0.3, 0.4) is 0 Å². The molecule has 20 heavy (non-hydrogen) atoms. The molecule has 1 aromatic heterocycles. The van der Waals surface area contributed by atoms with Crippen LogP contribution in [0, 0.1) is 0 Å². The van der Waals surface area contributed by atoms with Crippen molar-refractivity contribution >= 4 is 35.1 Å². The highest BCUT2D eigenvalue weighted by atomic mass is 35.5. The van der Waals surface area contributed by atoms with Gasteiger partial charge in [-0.15, -0.1) is 0 Å². The van der Waals surface area contributed by atoms with Crippen LogP contribution in [0.5, 0.6) is 0 Å². The smallest absolute Gasteiger partial charge is 0.0834 e. The zero-order valence-corrected chi connectivity index (χ0v) is 14.8. The molecule has 0 saturated carbocycles. The van der Waals surface area contributed by atoms with Gasteiger partial charge in [0.25, 0.3) is 0 Å². The van der Waals surface area contributed by atoms with E-state index in [1.54, 1.807) is 6.20 Å². The monoisotopic (exact) mass is 333 g/mol. The van der Waals surface area contributed by atoms with Gasteiger partial charge in [-0.2, -0.15) is 28.6 Å². The lowest BCUT2D eigenvalue weighted by atomic mass is 10.1. The molecular weight excluding hydrogens is 310 g/mol. The Balaban J connectivity index is 2.28. The van der Waals surface area contributed by atoms with Crippen molar-refractivity contribution in [3.8, 4) is 0 Å². The maximum Gasteiger partial charge on any atom is 0.0834 e. The Morgan fingerprint density at radius 2 is 2.20 bits per heavy atom. The fourth-order valence-corrected chi connectivity index (χ4v) is 6.30. The van der Waals surface area contributed by atoms with Crippen LogP contribution >= 0.6 is 35.1 Å². The molecule has 0 aromatic carbocycles. The molecule has 1 aliphatic heterocycles. The summed E-state index contributed by atoms with van der Waals surface area (Å²) in [6.45, 7) is 5.39. The van der Waals surface area contributed by atoms with Crippen molar-refractivity contribution in [2.24, 2.45) is 0 Å². The normalized spacial score (nSPS) is 24.8. The highest BCUT2D eigenvalue weighted by Gasteiger charge is 2.35. The lowest BCUT2D eigenvalue weighted by Gasteiger charge is -2.36. The van der Waals surface area contributed by atoms with E-state index in [9.17, 15) is 0 Å². The largest absolute Gasteiger partial charge is 0.311 e. The first-order valence-corrected chi connectivity index (χ1v) is 9.82. The molecule has 1 fully saturated rings. The van der Waals surface area contributed by atoms with Gasteiger partial charge in [0, 0.05) is 28.6 Å². The number of thioether (sulfide) groups is 2. The Morgan fingerprint density at radius 3 is 2.85 bits per heavy atom. The molecule has 0 aliphatic carbocycles. The maximum absolute atomic E-state index is 6.42. The van der Waals surface area contributed by atoms with Gasteiger partial charge in [0.05, 0.1) is 23.0 Å². The Labute approximate surface area is 135 Å². The van der Waals surface area contributed by atoms with Crippen molar-refractivity contribution in [1.82, 2.24) is 15.1 Å². The van der Waals surface area contributed by atoms with Gasteiger partial charge in [0.2, 0.25) is 0 Å². The Kier molecular flexibility index (Phi) is 6.59. The number of nitrogens with zero attached hydrogens (tertiary/aromatic N) is 2. The van der Waals surface area contributed by atoms with Crippen molar-refractivity contribution in [2.75, 3.05) is 18.6 Å². The van der Waals surface area contributed by atoms with E-state index in [-0.39, 0.29) is 6.04 Å². The fraction of sp³-hybridized carbons (Fsp3) is 0.786. The summed E-state index contributed by atoms with van der Waals surface area (Å²) in [4.78, 5) is 0. The SMILES string of the molecule is CCCn1ncc(Cl)c1C(NC)C1SCCSC1CC. The summed E-state index contributed by atoms with van der Waals surface area (Å²) in [6.07, 6.45) is 4.07. The second-order valence-corrected chi connectivity index (χ2v) is 8.06. The van der Waals surface area contributed by atoms with Gasteiger partial charge in [0.1, 0.15) is 0 Å². The predicted octanol–water partition coefficient (Wildman–Crippen LogP) is 3.83. The predicted molar refractivity (Wildman–Crippen MR) is 92.1 cm³/mol. The first-order chi connectivity index (χ1) is 9.72. The van der Waals surface area contributed by atoms with Crippen LogP contribution in [-0.4, -0.2) is 38.8 Å². The summed E-state index contributed by atoms with van der Waals surface area (Å²) < 4.78 is 2.08.